The lowest BCUT2D eigenvalue weighted by molar-refractivity contribution is 0.332. The quantitative estimate of drug-likeness (QED) is 0.173. The van der Waals surface area contributed by atoms with Crippen LogP contribution in [0.1, 0.15) is 76.6 Å². The van der Waals surface area contributed by atoms with E-state index in [1.54, 1.807) is 0 Å². The molecule has 2 aliphatic carbocycles. The minimum absolute atomic E-state index is 0.0826. The third-order valence-electron chi connectivity index (χ3n) is 13.3. The van der Waals surface area contributed by atoms with E-state index in [0.717, 1.165) is 5.69 Å². The van der Waals surface area contributed by atoms with Gasteiger partial charge in [0.1, 0.15) is 0 Å². The zero-order valence-electron chi connectivity index (χ0n) is 33.0. The molecule has 274 valence electrons. The zero-order chi connectivity index (χ0) is 38.1. The average molecular weight is 760 g/mol. The van der Waals surface area contributed by atoms with Crippen molar-refractivity contribution < 1.29 is 0 Å². The average Bonchev–Trinajstić information content (AvgIpc) is 3.83. The van der Waals surface area contributed by atoms with Crippen LogP contribution in [0.4, 0.5) is 17.1 Å². The standard InChI is InChI=1S/C53H45NS2/c1-51(2)25-26-52(3,4)46-31-50-42(30-45(46)51)40-27-33(17-23-48(40)56-50)32-15-18-34(19-16-32)54(35-21-24-49-41(28-35)39-12-8-10-14-47(39)55-49)36-20-22-38-37-11-7-9-13-43(37)53(5,6)44(38)29-36/h7-24,27-31H,25-26H2,1-6H3. The number of rotatable bonds is 4. The van der Waals surface area contributed by atoms with Crippen LogP contribution in [0, 0.1) is 0 Å². The summed E-state index contributed by atoms with van der Waals surface area (Å²) in [7, 11) is 0. The second-order valence-electron chi connectivity index (χ2n) is 18.0. The number of hydrogen-bond donors (Lipinski definition) is 0. The predicted octanol–water partition coefficient (Wildman–Crippen LogP) is 16.2. The molecular formula is C53H45NS2. The van der Waals surface area contributed by atoms with Gasteiger partial charge in [-0.3, -0.25) is 0 Å². The van der Waals surface area contributed by atoms with Crippen molar-refractivity contribution in [3.8, 4) is 22.3 Å². The fraction of sp³-hybridized carbons (Fsp3) is 0.208. The smallest absolute Gasteiger partial charge is 0.0468 e. The van der Waals surface area contributed by atoms with Crippen LogP contribution in [0.25, 0.3) is 62.6 Å². The molecule has 3 heteroatoms. The van der Waals surface area contributed by atoms with Gasteiger partial charge in [0.15, 0.2) is 0 Å². The van der Waals surface area contributed by atoms with E-state index in [1.807, 2.05) is 22.7 Å². The first-order valence-electron chi connectivity index (χ1n) is 20.0. The summed E-state index contributed by atoms with van der Waals surface area (Å²) in [5.41, 5.74) is 14.8. The number of hydrogen-bond acceptors (Lipinski definition) is 3. The molecule has 0 atom stereocenters. The Labute approximate surface area is 337 Å². The summed E-state index contributed by atoms with van der Waals surface area (Å²) in [6.07, 6.45) is 2.46. The molecule has 0 bridgehead atoms. The van der Waals surface area contributed by atoms with Crippen LogP contribution < -0.4 is 4.90 Å². The molecule has 0 saturated heterocycles. The molecule has 0 saturated carbocycles. The minimum atomic E-state index is -0.0826. The molecule has 0 unspecified atom stereocenters. The third-order valence-corrected chi connectivity index (χ3v) is 15.6. The predicted molar refractivity (Wildman–Crippen MR) is 245 cm³/mol. The van der Waals surface area contributed by atoms with E-state index in [-0.39, 0.29) is 16.2 Å². The summed E-state index contributed by atoms with van der Waals surface area (Å²) in [5.74, 6) is 0. The van der Waals surface area contributed by atoms with E-state index in [2.05, 4.69) is 186 Å². The van der Waals surface area contributed by atoms with Crippen molar-refractivity contribution in [2.24, 2.45) is 0 Å². The Hall–Kier alpha value is -5.22. The Kier molecular flexibility index (Phi) is 7.24. The van der Waals surface area contributed by atoms with Crippen LogP contribution in [0.3, 0.4) is 0 Å². The molecule has 2 aliphatic rings. The van der Waals surface area contributed by atoms with E-state index in [9.17, 15) is 0 Å². The fourth-order valence-electron chi connectivity index (χ4n) is 9.95. The van der Waals surface area contributed by atoms with Crippen LogP contribution in [0.2, 0.25) is 0 Å². The number of anilines is 3. The second kappa shape index (κ2) is 11.9. The molecule has 0 aliphatic heterocycles. The van der Waals surface area contributed by atoms with Crippen molar-refractivity contribution in [2.75, 3.05) is 4.90 Å². The van der Waals surface area contributed by atoms with Gasteiger partial charge < -0.3 is 4.90 Å². The highest BCUT2D eigenvalue weighted by molar-refractivity contribution is 7.26. The van der Waals surface area contributed by atoms with Crippen LogP contribution in [0.15, 0.2) is 140 Å². The maximum absolute atomic E-state index is 2.54. The van der Waals surface area contributed by atoms with Gasteiger partial charge in [0.25, 0.3) is 0 Å². The van der Waals surface area contributed by atoms with Crippen molar-refractivity contribution >= 4 is 80.1 Å². The first-order chi connectivity index (χ1) is 27.0. The van der Waals surface area contributed by atoms with Crippen molar-refractivity contribution in [1.82, 2.24) is 0 Å². The molecule has 11 rings (SSSR count). The lowest BCUT2D eigenvalue weighted by atomic mass is 9.63. The van der Waals surface area contributed by atoms with Gasteiger partial charge in [-0.05, 0) is 141 Å². The van der Waals surface area contributed by atoms with Crippen LogP contribution in [-0.4, -0.2) is 0 Å². The lowest BCUT2D eigenvalue weighted by Gasteiger charge is -2.41. The molecule has 56 heavy (non-hydrogen) atoms. The Bertz CT molecular complexity index is 3060. The van der Waals surface area contributed by atoms with E-state index in [1.165, 1.54) is 109 Å². The first kappa shape index (κ1) is 34.1. The SMILES string of the molecule is CC1(C)CCC(C)(C)c2cc3c(cc21)sc1ccc(-c2ccc(N(c4ccc5c(c4)C(C)(C)c4ccccc4-5)c4ccc5sc6ccccc6c5c4)cc2)cc13. The van der Waals surface area contributed by atoms with Crippen molar-refractivity contribution in [2.45, 2.75) is 70.6 Å². The van der Waals surface area contributed by atoms with Gasteiger partial charge in [0, 0.05) is 62.8 Å². The van der Waals surface area contributed by atoms with Gasteiger partial charge in [0.2, 0.25) is 0 Å². The minimum Gasteiger partial charge on any atom is -0.310 e. The molecule has 9 aromatic rings. The molecule has 7 aromatic carbocycles. The van der Waals surface area contributed by atoms with Crippen molar-refractivity contribution in [1.29, 1.82) is 0 Å². The summed E-state index contributed by atoms with van der Waals surface area (Å²) in [4.78, 5) is 2.46. The summed E-state index contributed by atoms with van der Waals surface area (Å²) < 4.78 is 5.42. The maximum Gasteiger partial charge on any atom is 0.0468 e. The number of fused-ring (bicyclic) bond motifs is 10. The summed E-state index contributed by atoms with van der Waals surface area (Å²) in [6, 6.07) is 53.2. The summed E-state index contributed by atoms with van der Waals surface area (Å²) >= 11 is 3.81. The largest absolute Gasteiger partial charge is 0.310 e. The number of benzene rings is 7. The Morgan fingerprint density at radius 1 is 0.393 bits per heavy atom. The highest BCUT2D eigenvalue weighted by Gasteiger charge is 2.38. The van der Waals surface area contributed by atoms with Crippen molar-refractivity contribution in [3.05, 3.63) is 162 Å². The Balaban J connectivity index is 1.03. The molecule has 2 aromatic heterocycles. The van der Waals surface area contributed by atoms with Gasteiger partial charge >= 0.3 is 0 Å². The van der Waals surface area contributed by atoms with E-state index >= 15 is 0 Å². The number of thiophene rings is 2. The molecule has 0 spiro atoms. The van der Waals surface area contributed by atoms with Crippen LogP contribution >= 0.6 is 22.7 Å². The van der Waals surface area contributed by atoms with Gasteiger partial charge in [0.05, 0.1) is 0 Å². The van der Waals surface area contributed by atoms with Gasteiger partial charge in [-0.25, -0.2) is 0 Å². The molecule has 2 heterocycles. The monoisotopic (exact) mass is 759 g/mol. The number of nitrogens with zero attached hydrogens (tertiary/aromatic N) is 1. The second-order valence-corrected chi connectivity index (χ2v) is 20.2. The summed E-state index contributed by atoms with van der Waals surface area (Å²) in [6.45, 7) is 14.5. The Morgan fingerprint density at radius 2 is 0.946 bits per heavy atom. The van der Waals surface area contributed by atoms with Gasteiger partial charge in [-0.15, -0.1) is 22.7 Å². The fourth-order valence-corrected chi connectivity index (χ4v) is 12.1. The molecule has 0 fully saturated rings. The van der Waals surface area contributed by atoms with Gasteiger partial charge in [-0.1, -0.05) is 108 Å². The normalized spacial score (nSPS) is 16.3. The third kappa shape index (κ3) is 5.03. The van der Waals surface area contributed by atoms with Crippen LogP contribution in [-0.2, 0) is 16.2 Å². The van der Waals surface area contributed by atoms with Crippen LogP contribution in [0.5, 0.6) is 0 Å². The molecule has 0 amide bonds. The molecule has 1 nitrogen and oxygen atoms in total. The molecule has 0 radical (unpaired) electrons. The zero-order valence-corrected chi connectivity index (χ0v) is 34.6. The maximum atomic E-state index is 2.54. The highest BCUT2D eigenvalue weighted by atomic mass is 32.1. The lowest BCUT2D eigenvalue weighted by Crippen LogP contribution is -2.33. The van der Waals surface area contributed by atoms with Gasteiger partial charge in [-0.2, -0.15) is 0 Å². The van der Waals surface area contributed by atoms with E-state index in [0.29, 0.717) is 0 Å². The highest BCUT2D eigenvalue weighted by Crippen LogP contribution is 2.52. The van der Waals surface area contributed by atoms with E-state index in [4.69, 9.17) is 0 Å². The first-order valence-corrected chi connectivity index (χ1v) is 21.7. The van der Waals surface area contributed by atoms with E-state index < -0.39 is 0 Å². The summed E-state index contributed by atoms with van der Waals surface area (Å²) in [5, 5.41) is 5.40. The molecular weight excluding hydrogens is 715 g/mol. The topological polar surface area (TPSA) is 3.24 Å². The van der Waals surface area contributed by atoms with Crippen molar-refractivity contribution in [3.63, 3.8) is 0 Å². The molecule has 0 N–H and O–H groups in total. The Morgan fingerprint density at radius 3 is 1.75 bits per heavy atom.